The summed E-state index contributed by atoms with van der Waals surface area (Å²) in [4.78, 5) is 4.45. The molecule has 0 bridgehead atoms. The molecule has 0 fully saturated rings. The zero-order valence-electron chi connectivity index (χ0n) is 12.2. The van der Waals surface area contributed by atoms with Crippen LogP contribution in [0.3, 0.4) is 0 Å². The zero-order valence-corrected chi connectivity index (χ0v) is 12.2. The predicted octanol–water partition coefficient (Wildman–Crippen LogP) is 3.37. The largest absolute Gasteiger partial charge is 0.489 e. The van der Waals surface area contributed by atoms with Gasteiger partial charge in [0.25, 0.3) is 0 Å². The first-order valence-electron chi connectivity index (χ1n) is 6.78. The van der Waals surface area contributed by atoms with Crippen LogP contribution in [0.2, 0.25) is 0 Å². The van der Waals surface area contributed by atoms with Crippen molar-refractivity contribution in [2.45, 2.75) is 33.4 Å². The van der Waals surface area contributed by atoms with Gasteiger partial charge in [-0.2, -0.15) is 0 Å². The van der Waals surface area contributed by atoms with Crippen molar-refractivity contribution in [2.24, 2.45) is 0 Å². The molecular weight excluding hydrogens is 250 g/mol. The molecule has 3 N–H and O–H groups in total. The van der Waals surface area contributed by atoms with Crippen molar-refractivity contribution in [1.82, 2.24) is 4.98 Å². The van der Waals surface area contributed by atoms with Gasteiger partial charge in [0.2, 0.25) is 0 Å². The van der Waals surface area contributed by atoms with E-state index < -0.39 is 0 Å². The third-order valence-electron chi connectivity index (χ3n) is 2.83. The van der Waals surface area contributed by atoms with Gasteiger partial charge in [0, 0.05) is 5.69 Å². The van der Waals surface area contributed by atoms with Gasteiger partial charge in [-0.1, -0.05) is 12.1 Å². The third kappa shape index (κ3) is 3.63. The van der Waals surface area contributed by atoms with Crippen LogP contribution < -0.4 is 15.8 Å². The topological polar surface area (TPSA) is 60.2 Å². The smallest absolute Gasteiger partial charge is 0.144 e. The van der Waals surface area contributed by atoms with Crippen LogP contribution in [0, 0.1) is 6.92 Å². The van der Waals surface area contributed by atoms with Crippen LogP contribution in [0.1, 0.15) is 25.2 Å². The van der Waals surface area contributed by atoms with E-state index in [1.165, 1.54) is 0 Å². The van der Waals surface area contributed by atoms with Crippen LogP contribution in [-0.4, -0.2) is 11.1 Å². The Bertz CT molecular complexity index is 582. The number of nitrogen functional groups attached to an aromatic ring is 1. The van der Waals surface area contributed by atoms with Crippen molar-refractivity contribution in [3.05, 3.63) is 47.8 Å². The highest BCUT2D eigenvalue weighted by atomic mass is 16.5. The molecule has 0 atom stereocenters. The van der Waals surface area contributed by atoms with Crippen molar-refractivity contribution in [2.75, 3.05) is 11.1 Å². The van der Waals surface area contributed by atoms with Crippen LogP contribution in [0.25, 0.3) is 0 Å². The Balaban J connectivity index is 2.10. The average Bonchev–Trinajstić information content (AvgIpc) is 2.39. The minimum Gasteiger partial charge on any atom is -0.489 e. The molecule has 20 heavy (non-hydrogen) atoms. The van der Waals surface area contributed by atoms with Gasteiger partial charge < -0.3 is 15.8 Å². The molecule has 1 heterocycles. The van der Waals surface area contributed by atoms with Crippen molar-refractivity contribution < 1.29 is 4.74 Å². The number of hydrogen-bond acceptors (Lipinski definition) is 4. The Kier molecular flexibility index (Phi) is 4.45. The molecular formula is C16H21N3O. The van der Waals surface area contributed by atoms with E-state index in [0.29, 0.717) is 18.0 Å². The molecule has 4 heteroatoms. The van der Waals surface area contributed by atoms with E-state index >= 15 is 0 Å². The molecule has 2 aromatic rings. The van der Waals surface area contributed by atoms with Crippen LogP contribution in [0.15, 0.2) is 36.4 Å². The number of aryl methyl sites for hydroxylation is 1. The normalized spacial score (nSPS) is 10.6. The van der Waals surface area contributed by atoms with Crippen molar-refractivity contribution in [3.8, 4) is 5.75 Å². The van der Waals surface area contributed by atoms with Gasteiger partial charge in [0.05, 0.1) is 29.7 Å². The van der Waals surface area contributed by atoms with E-state index in [1.807, 2.05) is 57.2 Å². The minimum absolute atomic E-state index is 0.103. The Hall–Kier alpha value is -2.23. The summed E-state index contributed by atoms with van der Waals surface area (Å²) < 4.78 is 5.68. The molecule has 0 saturated heterocycles. The second kappa shape index (κ2) is 6.28. The third-order valence-corrected chi connectivity index (χ3v) is 2.83. The number of para-hydroxylation sites is 1. The van der Waals surface area contributed by atoms with E-state index in [2.05, 4.69) is 10.3 Å². The minimum atomic E-state index is 0.103. The van der Waals surface area contributed by atoms with E-state index in [-0.39, 0.29) is 6.10 Å². The summed E-state index contributed by atoms with van der Waals surface area (Å²) in [5, 5.41) is 3.30. The highest BCUT2D eigenvalue weighted by molar-refractivity contribution is 5.72. The van der Waals surface area contributed by atoms with Crippen molar-refractivity contribution in [1.29, 1.82) is 0 Å². The van der Waals surface area contributed by atoms with Gasteiger partial charge >= 0.3 is 0 Å². The monoisotopic (exact) mass is 271 g/mol. The lowest BCUT2D eigenvalue weighted by Gasteiger charge is -2.15. The van der Waals surface area contributed by atoms with Crippen molar-refractivity contribution in [3.63, 3.8) is 0 Å². The maximum absolute atomic E-state index is 6.12. The Morgan fingerprint density at radius 1 is 1.20 bits per heavy atom. The van der Waals surface area contributed by atoms with Gasteiger partial charge in [0.15, 0.2) is 0 Å². The van der Waals surface area contributed by atoms with Crippen LogP contribution in [-0.2, 0) is 6.54 Å². The number of hydrogen-bond donors (Lipinski definition) is 2. The van der Waals surface area contributed by atoms with E-state index in [9.17, 15) is 0 Å². The Labute approximate surface area is 120 Å². The summed E-state index contributed by atoms with van der Waals surface area (Å²) in [7, 11) is 0. The highest BCUT2D eigenvalue weighted by Crippen LogP contribution is 2.30. The fraction of sp³-hybridized carbons (Fsp3) is 0.312. The quantitative estimate of drug-likeness (QED) is 0.818. The molecule has 1 aromatic carbocycles. The van der Waals surface area contributed by atoms with Crippen LogP contribution in [0.5, 0.6) is 5.75 Å². The molecule has 106 valence electrons. The number of nitrogens with zero attached hydrogens (tertiary/aromatic N) is 1. The predicted molar refractivity (Wildman–Crippen MR) is 82.9 cm³/mol. The number of rotatable bonds is 5. The molecule has 0 aliphatic heterocycles. The fourth-order valence-electron chi connectivity index (χ4n) is 1.94. The lowest BCUT2D eigenvalue weighted by Crippen LogP contribution is -2.09. The lowest BCUT2D eigenvalue weighted by atomic mass is 10.2. The molecule has 0 aliphatic rings. The maximum Gasteiger partial charge on any atom is 0.144 e. The summed E-state index contributed by atoms with van der Waals surface area (Å²) in [5.41, 5.74) is 9.61. The second-order valence-electron chi connectivity index (χ2n) is 5.01. The zero-order chi connectivity index (χ0) is 14.5. The standard InChI is InChI=1S/C16H21N3O/c1-11(2)20-15-9-5-8-14(16(15)17)18-10-13-7-4-6-12(3)19-13/h4-9,11,18H,10,17H2,1-3H3. The van der Waals surface area contributed by atoms with E-state index in [0.717, 1.165) is 17.1 Å². The van der Waals surface area contributed by atoms with Gasteiger partial charge in [0.1, 0.15) is 5.75 Å². The first-order chi connectivity index (χ1) is 9.56. The lowest BCUT2D eigenvalue weighted by molar-refractivity contribution is 0.244. The first-order valence-corrected chi connectivity index (χ1v) is 6.78. The van der Waals surface area contributed by atoms with Gasteiger partial charge in [-0.3, -0.25) is 4.98 Å². The van der Waals surface area contributed by atoms with Gasteiger partial charge in [-0.05, 0) is 45.0 Å². The number of aromatic nitrogens is 1. The molecule has 0 spiro atoms. The fourth-order valence-corrected chi connectivity index (χ4v) is 1.94. The molecule has 0 aliphatic carbocycles. The number of ether oxygens (including phenoxy) is 1. The molecule has 0 radical (unpaired) electrons. The summed E-state index contributed by atoms with van der Waals surface area (Å²) in [6.07, 6.45) is 0.103. The molecule has 1 aromatic heterocycles. The second-order valence-corrected chi connectivity index (χ2v) is 5.01. The van der Waals surface area contributed by atoms with Crippen LogP contribution in [0.4, 0.5) is 11.4 Å². The van der Waals surface area contributed by atoms with E-state index in [1.54, 1.807) is 0 Å². The first kappa shape index (κ1) is 14.2. The number of nitrogens with two attached hydrogens (primary N) is 1. The molecule has 2 rings (SSSR count). The summed E-state index contributed by atoms with van der Waals surface area (Å²) in [6.45, 7) is 6.58. The van der Waals surface area contributed by atoms with Crippen LogP contribution >= 0.6 is 0 Å². The molecule has 0 unspecified atom stereocenters. The maximum atomic E-state index is 6.12. The average molecular weight is 271 g/mol. The number of benzene rings is 1. The van der Waals surface area contributed by atoms with E-state index in [4.69, 9.17) is 10.5 Å². The Morgan fingerprint density at radius 2 is 1.95 bits per heavy atom. The molecule has 0 amide bonds. The Morgan fingerprint density at radius 3 is 2.65 bits per heavy atom. The summed E-state index contributed by atoms with van der Waals surface area (Å²) in [5.74, 6) is 0.710. The van der Waals surface area contributed by atoms with Gasteiger partial charge in [-0.25, -0.2) is 0 Å². The molecule has 4 nitrogen and oxygen atoms in total. The molecule has 0 saturated carbocycles. The summed E-state index contributed by atoms with van der Waals surface area (Å²) in [6, 6.07) is 11.7. The SMILES string of the molecule is Cc1cccc(CNc2cccc(OC(C)C)c2N)n1. The number of pyridine rings is 1. The van der Waals surface area contributed by atoms with Crippen molar-refractivity contribution >= 4 is 11.4 Å². The highest BCUT2D eigenvalue weighted by Gasteiger charge is 2.07. The number of anilines is 2. The number of nitrogens with one attached hydrogen (secondary N) is 1. The summed E-state index contributed by atoms with van der Waals surface area (Å²) >= 11 is 0. The van der Waals surface area contributed by atoms with Gasteiger partial charge in [-0.15, -0.1) is 0 Å².